The molecule has 1 aromatic carbocycles. The van der Waals surface area contributed by atoms with Gasteiger partial charge < -0.3 is 14.5 Å². The number of rotatable bonds is 12. The second-order valence-corrected chi connectivity index (χ2v) is 17.3. The Bertz CT molecular complexity index is 1220. The number of carbonyl (C=O) groups excluding carboxylic acids is 2. The first-order valence-electron chi connectivity index (χ1n) is 19.0. The van der Waals surface area contributed by atoms with Gasteiger partial charge in [-0.2, -0.15) is 0 Å². The lowest BCUT2D eigenvalue weighted by Gasteiger charge is -2.51. The lowest BCUT2D eigenvalue weighted by Crippen LogP contribution is -2.48. The average Bonchev–Trinajstić information content (AvgIpc) is 3.37. The SMILES string of the molecule is CS(=O)CCCCCCCCC[C@@H]1Cc2cc(OC(=O)N3CCC(N4CCCCC4)CC3)ccc2[C@H]2CC[C@]3(C)C(=O)CC[C@H]3C12. The molecule has 4 fully saturated rings. The van der Waals surface area contributed by atoms with Gasteiger partial charge >= 0.3 is 6.09 Å². The Balaban J connectivity index is 1.07. The van der Waals surface area contributed by atoms with Gasteiger partial charge in [0.2, 0.25) is 0 Å². The third-order valence-corrected chi connectivity index (χ3v) is 13.8. The predicted molar refractivity (Wildman–Crippen MR) is 187 cm³/mol. The molecule has 5 aliphatic rings. The van der Waals surface area contributed by atoms with E-state index in [-0.39, 0.29) is 11.5 Å². The Morgan fingerprint density at radius 3 is 2.39 bits per heavy atom. The quantitative estimate of drug-likeness (QED) is 0.213. The minimum absolute atomic E-state index is 0.129. The summed E-state index contributed by atoms with van der Waals surface area (Å²) in [4.78, 5) is 30.9. The van der Waals surface area contributed by atoms with Crippen LogP contribution in [0.5, 0.6) is 5.75 Å². The number of unbranched alkanes of at least 4 members (excludes halogenated alkanes) is 6. The van der Waals surface area contributed by atoms with Crippen molar-refractivity contribution < 1.29 is 18.5 Å². The molecule has 7 heteroatoms. The minimum atomic E-state index is -0.663. The fraction of sp³-hybridized carbons (Fsp3) is 0.795. The van der Waals surface area contributed by atoms with Crippen molar-refractivity contribution >= 4 is 22.7 Å². The van der Waals surface area contributed by atoms with Gasteiger partial charge in [0.05, 0.1) is 0 Å². The molecule has 2 unspecified atom stereocenters. The molecule has 46 heavy (non-hydrogen) atoms. The van der Waals surface area contributed by atoms with Crippen molar-refractivity contribution in [1.82, 2.24) is 9.80 Å². The molecule has 0 spiro atoms. The Labute approximate surface area is 281 Å². The van der Waals surface area contributed by atoms with E-state index in [1.165, 1.54) is 88.4 Å². The van der Waals surface area contributed by atoms with E-state index in [1.54, 1.807) is 6.26 Å². The standard InChI is InChI=1S/C39H60N2O4S/c1-39-21-18-34-33-15-14-32(45-38(43)41-24-19-31(20-25-41)40-22-10-8-11-23-40)28-30(33)27-29(37(34)35(39)16-17-36(39)42)13-9-6-4-3-5-7-12-26-46(2)44/h14-15,28-29,31,34-35,37H,3-13,16-27H2,1-2H3/t29-,34-,35+,37?,39+,46?/m1/s1. The van der Waals surface area contributed by atoms with Crippen LogP contribution in [-0.2, 0) is 22.0 Å². The molecule has 6 rings (SSSR count). The summed E-state index contributed by atoms with van der Waals surface area (Å²) in [5.41, 5.74) is 2.70. The van der Waals surface area contributed by atoms with Crippen LogP contribution in [0.1, 0.15) is 133 Å². The monoisotopic (exact) mass is 652 g/mol. The zero-order valence-corrected chi connectivity index (χ0v) is 29.6. The summed E-state index contributed by atoms with van der Waals surface area (Å²) in [6.07, 6.45) is 22.5. The topological polar surface area (TPSA) is 66.9 Å². The molecule has 1 amide bonds. The third-order valence-electron chi connectivity index (χ3n) is 12.9. The summed E-state index contributed by atoms with van der Waals surface area (Å²) >= 11 is 0. The molecule has 6 nitrogen and oxygen atoms in total. The molecule has 256 valence electrons. The van der Waals surface area contributed by atoms with E-state index in [4.69, 9.17) is 4.74 Å². The Kier molecular flexibility index (Phi) is 11.6. The van der Waals surface area contributed by atoms with Gasteiger partial charge in [0.15, 0.2) is 0 Å². The molecular formula is C39H60N2O4S. The van der Waals surface area contributed by atoms with E-state index in [9.17, 15) is 13.8 Å². The summed E-state index contributed by atoms with van der Waals surface area (Å²) < 4.78 is 17.4. The molecule has 2 saturated carbocycles. The van der Waals surface area contributed by atoms with Crippen LogP contribution < -0.4 is 4.74 Å². The maximum absolute atomic E-state index is 13.3. The number of ether oxygens (including phenoxy) is 1. The molecule has 1 aromatic rings. The largest absolute Gasteiger partial charge is 0.415 e. The molecule has 0 aromatic heterocycles. The highest BCUT2D eigenvalue weighted by atomic mass is 32.2. The van der Waals surface area contributed by atoms with Gasteiger partial charge in [-0.25, -0.2) is 4.79 Å². The van der Waals surface area contributed by atoms with E-state index >= 15 is 0 Å². The molecule has 2 heterocycles. The molecule has 0 N–H and O–H groups in total. The van der Waals surface area contributed by atoms with E-state index < -0.39 is 10.8 Å². The number of hydrogen-bond acceptors (Lipinski definition) is 5. The van der Waals surface area contributed by atoms with Gasteiger partial charge in [-0.3, -0.25) is 9.00 Å². The molecule has 0 bridgehead atoms. The first kappa shape index (κ1) is 34.1. The highest BCUT2D eigenvalue weighted by molar-refractivity contribution is 7.84. The Morgan fingerprint density at radius 1 is 0.935 bits per heavy atom. The number of likely N-dealkylation sites (tertiary alicyclic amines) is 2. The van der Waals surface area contributed by atoms with Crippen molar-refractivity contribution in [1.29, 1.82) is 0 Å². The van der Waals surface area contributed by atoms with Crippen LogP contribution in [0.4, 0.5) is 4.79 Å². The van der Waals surface area contributed by atoms with Crippen LogP contribution in [0.15, 0.2) is 18.2 Å². The number of ketones is 1. The van der Waals surface area contributed by atoms with Gasteiger partial charge in [-0.05, 0) is 124 Å². The van der Waals surface area contributed by atoms with Crippen molar-refractivity contribution in [2.45, 2.75) is 134 Å². The van der Waals surface area contributed by atoms with Gasteiger partial charge in [-0.15, -0.1) is 0 Å². The highest BCUT2D eigenvalue weighted by Crippen LogP contribution is 2.61. The molecular weight excluding hydrogens is 593 g/mol. The number of hydrogen-bond donors (Lipinski definition) is 0. The van der Waals surface area contributed by atoms with Crippen LogP contribution in [0.25, 0.3) is 0 Å². The summed E-state index contributed by atoms with van der Waals surface area (Å²) in [6.45, 7) is 6.28. The van der Waals surface area contributed by atoms with Crippen molar-refractivity contribution in [3.63, 3.8) is 0 Å². The Hall–Kier alpha value is -1.73. The number of carbonyl (C=O) groups is 2. The zero-order chi connectivity index (χ0) is 32.1. The van der Waals surface area contributed by atoms with Crippen LogP contribution >= 0.6 is 0 Å². The van der Waals surface area contributed by atoms with Crippen molar-refractivity contribution in [3.05, 3.63) is 29.3 Å². The van der Waals surface area contributed by atoms with E-state index in [0.29, 0.717) is 41.2 Å². The smallest absolute Gasteiger partial charge is 0.410 e. The van der Waals surface area contributed by atoms with Gasteiger partial charge in [-0.1, -0.05) is 57.9 Å². The lowest BCUT2D eigenvalue weighted by molar-refractivity contribution is -0.130. The van der Waals surface area contributed by atoms with Crippen molar-refractivity contribution in [2.75, 3.05) is 38.2 Å². The fourth-order valence-electron chi connectivity index (χ4n) is 10.3. The van der Waals surface area contributed by atoms with Crippen molar-refractivity contribution in [2.24, 2.45) is 23.2 Å². The predicted octanol–water partition coefficient (Wildman–Crippen LogP) is 8.29. The number of piperidine rings is 2. The van der Waals surface area contributed by atoms with Gasteiger partial charge in [0, 0.05) is 53.8 Å². The molecule has 3 aliphatic carbocycles. The molecule has 2 aliphatic heterocycles. The van der Waals surface area contributed by atoms with E-state index in [1.807, 2.05) is 11.0 Å². The van der Waals surface area contributed by atoms with Gasteiger partial charge in [0.1, 0.15) is 11.5 Å². The van der Waals surface area contributed by atoms with Crippen LogP contribution in [0.2, 0.25) is 0 Å². The average molecular weight is 653 g/mol. The minimum Gasteiger partial charge on any atom is -0.410 e. The number of fused-ring (bicyclic) bond motifs is 5. The second-order valence-electron chi connectivity index (χ2n) is 15.8. The second kappa shape index (κ2) is 15.7. The maximum atomic E-state index is 13.3. The van der Waals surface area contributed by atoms with Crippen LogP contribution in [0.3, 0.4) is 0 Å². The fourth-order valence-corrected chi connectivity index (χ4v) is 11.0. The summed E-state index contributed by atoms with van der Waals surface area (Å²) in [5, 5.41) is 0. The maximum Gasteiger partial charge on any atom is 0.415 e. The summed E-state index contributed by atoms with van der Waals surface area (Å²) in [6, 6.07) is 7.11. The highest BCUT2D eigenvalue weighted by Gasteiger charge is 2.56. The Morgan fingerprint density at radius 2 is 1.65 bits per heavy atom. The summed E-state index contributed by atoms with van der Waals surface area (Å²) in [7, 11) is -0.663. The van der Waals surface area contributed by atoms with Crippen molar-refractivity contribution in [3.8, 4) is 5.75 Å². The first-order chi connectivity index (χ1) is 22.3. The lowest BCUT2D eigenvalue weighted by atomic mass is 9.52. The van der Waals surface area contributed by atoms with Crippen LogP contribution in [0, 0.1) is 23.2 Å². The summed E-state index contributed by atoms with van der Waals surface area (Å²) in [5.74, 6) is 4.24. The molecule has 0 radical (unpaired) electrons. The normalized spacial score (nSPS) is 30.8. The van der Waals surface area contributed by atoms with Gasteiger partial charge in [0.25, 0.3) is 0 Å². The number of Topliss-reactive ketones (excluding diaryl/α,β-unsaturated/α-hetero) is 1. The third kappa shape index (κ3) is 7.77. The zero-order valence-electron chi connectivity index (χ0n) is 28.8. The van der Waals surface area contributed by atoms with E-state index in [0.717, 1.165) is 70.2 Å². The van der Waals surface area contributed by atoms with Crippen LogP contribution in [-0.4, -0.2) is 70.1 Å². The number of benzene rings is 1. The number of amides is 1. The number of nitrogens with zero attached hydrogens (tertiary/aromatic N) is 2. The molecule has 2 saturated heterocycles. The molecule has 6 atom stereocenters. The van der Waals surface area contributed by atoms with E-state index in [2.05, 4.69) is 24.0 Å². The first-order valence-corrected chi connectivity index (χ1v) is 20.7.